The maximum atomic E-state index is 13.8. The number of alkyl halides is 3. The molecule has 0 saturated heterocycles. The number of carbonyl (C=O) groups excluding carboxylic acids is 1. The van der Waals surface area contributed by atoms with Gasteiger partial charge in [-0.3, -0.25) is 19.7 Å². The van der Waals surface area contributed by atoms with Gasteiger partial charge in [-0.1, -0.05) is 30.3 Å². The molecule has 5 aromatic rings. The van der Waals surface area contributed by atoms with Crippen molar-refractivity contribution in [1.29, 1.82) is 0 Å². The summed E-state index contributed by atoms with van der Waals surface area (Å²) in [5, 5.41) is 4.32. The second kappa shape index (κ2) is 8.55. The van der Waals surface area contributed by atoms with Crippen molar-refractivity contribution in [1.82, 2.24) is 20.3 Å². The third-order valence-corrected chi connectivity index (χ3v) is 5.51. The number of hydrogen-bond acceptors (Lipinski definition) is 4. The van der Waals surface area contributed by atoms with Crippen LogP contribution in [0.3, 0.4) is 0 Å². The maximum absolute atomic E-state index is 13.8. The van der Waals surface area contributed by atoms with Gasteiger partial charge >= 0.3 is 6.18 Å². The van der Waals surface area contributed by atoms with Crippen LogP contribution in [0.15, 0.2) is 91.4 Å². The first kappa shape index (κ1) is 21.5. The van der Waals surface area contributed by atoms with E-state index in [0.717, 1.165) is 16.8 Å². The van der Waals surface area contributed by atoms with Gasteiger partial charge in [0.25, 0.3) is 5.91 Å². The lowest BCUT2D eigenvalue weighted by Gasteiger charge is -2.22. The van der Waals surface area contributed by atoms with Gasteiger partial charge in [0.2, 0.25) is 0 Å². The van der Waals surface area contributed by atoms with E-state index in [-0.39, 0.29) is 11.3 Å². The minimum absolute atomic E-state index is 0.273. The molecule has 168 valence electrons. The minimum Gasteiger partial charge on any atom is -0.339 e. The van der Waals surface area contributed by atoms with Gasteiger partial charge in [0.05, 0.1) is 28.3 Å². The number of benzene rings is 2. The van der Waals surface area contributed by atoms with Crippen LogP contribution < -0.4 is 5.32 Å². The normalized spacial score (nSPS) is 12.6. The summed E-state index contributed by atoms with van der Waals surface area (Å²) in [6, 6.07) is 18.5. The third kappa shape index (κ3) is 4.17. The minimum atomic E-state index is -4.65. The first-order valence-electron chi connectivity index (χ1n) is 10.4. The van der Waals surface area contributed by atoms with Crippen LogP contribution in [-0.4, -0.2) is 20.9 Å². The average Bonchev–Trinajstić information content (AvgIpc) is 2.86. The quantitative estimate of drug-likeness (QED) is 0.374. The molecule has 8 heteroatoms. The fraction of sp³-hybridized carbons (Fsp3) is 0.0769. The molecule has 5 rings (SSSR count). The van der Waals surface area contributed by atoms with Crippen molar-refractivity contribution in [2.24, 2.45) is 0 Å². The number of carbonyl (C=O) groups is 1. The zero-order chi connectivity index (χ0) is 23.7. The molecule has 3 aromatic heterocycles. The Morgan fingerprint density at radius 3 is 2.41 bits per heavy atom. The van der Waals surface area contributed by atoms with Crippen LogP contribution in [0, 0.1) is 0 Å². The maximum Gasteiger partial charge on any atom is 0.418 e. The van der Waals surface area contributed by atoms with E-state index < -0.39 is 23.7 Å². The highest BCUT2D eigenvalue weighted by Gasteiger charge is 2.37. The summed E-state index contributed by atoms with van der Waals surface area (Å²) in [6.45, 7) is 0. The first-order chi connectivity index (χ1) is 16.4. The molecule has 1 N–H and O–H groups in total. The lowest BCUT2D eigenvalue weighted by Crippen LogP contribution is -2.31. The van der Waals surface area contributed by atoms with Gasteiger partial charge in [0.1, 0.15) is 0 Å². The third-order valence-electron chi connectivity index (χ3n) is 5.51. The van der Waals surface area contributed by atoms with Crippen molar-refractivity contribution >= 4 is 27.7 Å². The molecule has 0 saturated carbocycles. The smallest absolute Gasteiger partial charge is 0.339 e. The Morgan fingerprint density at radius 2 is 1.56 bits per heavy atom. The Morgan fingerprint density at radius 1 is 0.794 bits per heavy atom. The van der Waals surface area contributed by atoms with Crippen molar-refractivity contribution in [3.63, 3.8) is 0 Å². The van der Waals surface area contributed by atoms with E-state index in [1.807, 2.05) is 24.3 Å². The Labute approximate surface area is 192 Å². The van der Waals surface area contributed by atoms with Crippen molar-refractivity contribution in [3.05, 3.63) is 114 Å². The molecular formula is C26H17F3N4O. The highest BCUT2D eigenvalue weighted by atomic mass is 19.4. The fourth-order valence-electron chi connectivity index (χ4n) is 3.86. The number of nitrogens with one attached hydrogen (secondary N) is 1. The molecule has 34 heavy (non-hydrogen) atoms. The number of pyridine rings is 3. The van der Waals surface area contributed by atoms with E-state index in [2.05, 4.69) is 20.3 Å². The Bertz CT molecular complexity index is 1520. The molecule has 0 aliphatic rings. The summed E-state index contributed by atoms with van der Waals surface area (Å²) < 4.78 is 41.5. The summed E-state index contributed by atoms with van der Waals surface area (Å²) >= 11 is 0. The van der Waals surface area contributed by atoms with E-state index in [1.165, 1.54) is 18.5 Å². The van der Waals surface area contributed by atoms with Crippen LogP contribution in [0.25, 0.3) is 21.8 Å². The molecular weight excluding hydrogens is 441 g/mol. The Balaban J connectivity index is 1.61. The summed E-state index contributed by atoms with van der Waals surface area (Å²) in [5.41, 5.74) is 0.722. The first-order valence-corrected chi connectivity index (χ1v) is 10.4. The molecule has 5 nitrogen and oxygen atoms in total. The molecule has 0 aliphatic carbocycles. The topological polar surface area (TPSA) is 67.8 Å². The Kier molecular flexibility index (Phi) is 5.41. The number of fused-ring (bicyclic) bond motifs is 2. The lowest BCUT2D eigenvalue weighted by molar-refractivity contribution is -0.138. The molecule has 0 radical (unpaired) electrons. The Hall–Kier alpha value is -4.33. The summed E-state index contributed by atoms with van der Waals surface area (Å²) in [5.74, 6) is -0.551. The van der Waals surface area contributed by atoms with E-state index in [4.69, 9.17) is 0 Å². The number of rotatable bonds is 4. The second-order valence-corrected chi connectivity index (χ2v) is 7.71. The molecule has 0 aliphatic heterocycles. The van der Waals surface area contributed by atoms with Crippen LogP contribution in [-0.2, 0) is 6.18 Å². The SMILES string of the molecule is O=C(N[C@@H](c1cnc2ccccc2c1)c1ncccc1C(F)(F)F)c1ccc2cccnc2c1. The summed E-state index contributed by atoms with van der Waals surface area (Å²) in [4.78, 5) is 25.8. The zero-order valence-electron chi connectivity index (χ0n) is 17.6. The van der Waals surface area contributed by atoms with Crippen molar-refractivity contribution < 1.29 is 18.0 Å². The van der Waals surface area contributed by atoms with Crippen LogP contribution in [0.5, 0.6) is 0 Å². The number of amides is 1. The van der Waals surface area contributed by atoms with Crippen LogP contribution >= 0.6 is 0 Å². The second-order valence-electron chi connectivity index (χ2n) is 7.71. The molecule has 1 atom stereocenters. The van der Waals surface area contributed by atoms with Gasteiger partial charge in [-0.15, -0.1) is 0 Å². The van der Waals surface area contributed by atoms with Crippen molar-refractivity contribution in [3.8, 4) is 0 Å². The van der Waals surface area contributed by atoms with Crippen molar-refractivity contribution in [2.45, 2.75) is 12.2 Å². The van der Waals surface area contributed by atoms with Crippen molar-refractivity contribution in [2.75, 3.05) is 0 Å². The van der Waals surface area contributed by atoms with Gasteiger partial charge in [0.15, 0.2) is 0 Å². The van der Waals surface area contributed by atoms with Gasteiger partial charge in [-0.05, 0) is 48.0 Å². The summed E-state index contributed by atoms with van der Waals surface area (Å²) in [7, 11) is 0. The van der Waals surface area contributed by atoms with Gasteiger partial charge in [-0.25, -0.2) is 0 Å². The number of nitrogens with zero attached hydrogens (tertiary/aromatic N) is 3. The number of hydrogen-bond donors (Lipinski definition) is 1. The van der Waals surface area contributed by atoms with Gasteiger partial charge in [-0.2, -0.15) is 13.2 Å². The molecule has 0 unspecified atom stereocenters. The highest BCUT2D eigenvalue weighted by Crippen LogP contribution is 2.36. The standard InChI is InChI=1S/C26H17F3N4O/c27-26(28,29)20-7-4-12-31-24(20)23(19-13-17-5-1-2-8-21(17)32-15-19)33-25(34)18-10-9-16-6-3-11-30-22(16)14-18/h1-15,23H,(H,33,34)/t23-/m0/s1. The molecule has 1 amide bonds. The van der Waals surface area contributed by atoms with Crippen LogP contribution in [0.4, 0.5) is 13.2 Å². The molecule has 2 aromatic carbocycles. The van der Waals surface area contributed by atoms with Crippen LogP contribution in [0.1, 0.15) is 33.2 Å². The fourth-order valence-corrected chi connectivity index (χ4v) is 3.86. The van der Waals surface area contributed by atoms with E-state index >= 15 is 0 Å². The molecule has 3 heterocycles. The zero-order valence-corrected chi connectivity index (χ0v) is 17.6. The molecule has 0 bridgehead atoms. The highest BCUT2D eigenvalue weighted by molar-refractivity contribution is 5.98. The number of para-hydroxylation sites is 1. The molecule has 0 spiro atoms. The van der Waals surface area contributed by atoms with E-state index in [9.17, 15) is 18.0 Å². The van der Waals surface area contributed by atoms with E-state index in [0.29, 0.717) is 16.6 Å². The van der Waals surface area contributed by atoms with E-state index in [1.54, 1.807) is 42.6 Å². The summed E-state index contributed by atoms with van der Waals surface area (Å²) in [6.07, 6.45) is -0.303. The average molecular weight is 458 g/mol. The molecule has 0 fully saturated rings. The predicted molar refractivity (Wildman–Crippen MR) is 122 cm³/mol. The monoisotopic (exact) mass is 458 g/mol. The largest absolute Gasteiger partial charge is 0.418 e. The van der Waals surface area contributed by atoms with Gasteiger partial charge < -0.3 is 5.32 Å². The van der Waals surface area contributed by atoms with Crippen LogP contribution in [0.2, 0.25) is 0 Å². The lowest BCUT2D eigenvalue weighted by atomic mass is 9.98. The predicted octanol–water partition coefficient (Wildman–Crippen LogP) is 5.72. The van der Waals surface area contributed by atoms with Gasteiger partial charge in [0, 0.05) is 34.9 Å². The number of halogens is 3. The number of aromatic nitrogens is 3.